The van der Waals surface area contributed by atoms with Crippen LogP contribution in [-0.2, 0) is 0 Å². The maximum atomic E-state index is 12.0. The van der Waals surface area contributed by atoms with Crippen LogP contribution in [-0.4, -0.2) is 57.3 Å². The Bertz CT molecular complexity index is 980. The van der Waals surface area contributed by atoms with Gasteiger partial charge in [-0.3, -0.25) is 9.80 Å². The Hall–Kier alpha value is -2.77. The molecule has 0 spiro atoms. The summed E-state index contributed by atoms with van der Waals surface area (Å²) in [5, 5.41) is 2.08. The number of piperazine rings is 1. The maximum absolute atomic E-state index is 12.0. The van der Waals surface area contributed by atoms with E-state index in [-0.39, 0.29) is 6.03 Å². The zero-order valence-corrected chi connectivity index (χ0v) is 18.8. The van der Waals surface area contributed by atoms with Gasteiger partial charge in [-0.1, -0.05) is 30.3 Å². The second kappa shape index (κ2) is 10.0. The average molecular weight is 439 g/mol. The minimum absolute atomic E-state index is 0.378. The molecule has 0 unspecified atom stereocenters. The third-order valence-electron chi connectivity index (χ3n) is 5.85. The van der Waals surface area contributed by atoms with Crippen LogP contribution in [0, 0.1) is 0 Å². The van der Waals surface area contributed by atoms with Gasteiger partial charge in [0.25, 0.3) is 0 Å². The zero-order chi connectivity index (χ0) is 21.6. The first-order valence-corrected chi connectivity index (χ1v) is 11.6. The Morgan fingerprint density at radius 3 is 2.55 bits per heavy atom. The number of carbonyl (C=O) groups excluding carboxylic acids is 1. The van der Waals surface area contributed by atoms with Crippen molar-refractivity contribution >= 4 is 38.1 Å². The molecule has 31 heavy (non-hydrogen) atoms. The van der Waals surface area contributed by atoms with Gasteiger partial charge >= 0.3 is 6.03 Å². The Morgan fingerprint density at radius 2 is 1.81 bits per heavy atom. The number of carbonyl (C=O) groups is 1. The van der Waals surface area contributed by atoms with E-state index in [1.807, 2.05) is 24.3 Å². The van der Waals surface area contributed by atoms with Gasteiger partial charge in [0.1, 0.15) is 10.8 Å². The number of unbranched alkanes of at least 4 members (excludes halogenated alkanes) is 1. The van der Waals surface area contributed by atoms with Crippen molar-refractivity contribution in [2.45, 2.75) is 12.8 Å². The van der Waals surface area contributed by atoms with E-state index in [0.717, 1.165) is 61.7 Å². The number of hydrogen-bond acceptors (Lipinski definition) is 5. The molecule has 2 N–H and O–H groups in total. The number of methoxy groups -OCH3 is 1. The molecule has 1 saturated heterocycles. The van der Waals surface area contributed by atoms with Crippen LogP contribution in [0.3, 0.4) is 0 Å². The lowest BCUT2D eigenvalue weighted by atomic mass is 10.2. The van der Waals surface area contributed by atoms with Crippen molar-refractivity contribution < 1.29 is 9.53 Å². The van der Waals surface area contributed by atoms with Gasteiger partial charge < -0.3 is 15.4 Å². The van der Waals surface area contributed by atoms with E-state index >= 15 is 0 Å². The van der Waals surface area contributed by atoms with E-state index in [1.54, 1.807) is 23.3 Å². The van der Waals surface area contributed by atoms with Crippen molar-refractivity contribution in [3.63, 3.8) is 0 Å². The van der Waals surface area contributed by atoms with E-state index in [0.29, 0.717) is 6.54 Å². The second-order valence-corrected chi connectivity index (χ2v) is 8.88. The molecule has 6 nitrogen and oxygen atoms in total. The fourth-order valence-electron chi connectivity index (χ4n) is 4.14. The van der Waals surface area contributed by atoms with Crippen molar-refractivity contribution in [1.82, 2.24) is 4.90 Å². The van der Waals surface area contributed by atoms with Gasteiger partial charge in [0.15, 0.2) is 0 Å². The Morgan fingerprint density at radius 1 is 1.06 bits per heavy atom. The van der Waals surface area contributed by atoms with Crippen LogP contribution in [0.2, 0.25) is 0 Å². The molecular weight excluding hydrogens is 408 g/mol. The Kier molecular flexibility index (Phi) is 6.94. The van der Waals surface area contributed by atoms with Crippen LogP contribution in [0.4, 0.5) is 15.5 Å². The lowest BCUT2D eigenvalue weighted by molar-refractivity contribution is 0.249. The molecule has 0 bridgehead atoms. The summed E-state index contributed by atoms with van der Waals surface area (Å²) in [6, 6.07) is 18.1. The summed E-state index contributed by atoms with van der Waals surface area (Å²) in [5.74, 6) is 0.934. The van der Waals surface area contributed by atoms with Gasteiger partial charge in [0.05, 0.1) is 12.8 Å². The number of benzene rings is 2. The summed E-state index contributed by atoms with van der Waals surface area (Å²) < 4.78 is 6.68. The predicted molar refractivity (Wildman–Crippen MR) is 130 cm³/mol. The second-order valence-electron chi connectivity index (χ2n) is 7.82. The lowest BCUT2D eigenvalue weighted by Gasteiger charge is -2.36. The van der Waals surface area contributed by atoms with Crippen LogP contribution in [0.15, 0.2) is 54.6 Å². The maximum Gasteiger partial charge on any atom is 0.319 e. The van der Waals surface area contributed by atoms with Gasteiger partial charge in [-0.2, -0.15) is 0 Å². The van der Waals surface area contributed by atoms with E-state index in [9.17, 15) is 4.79 Å². The molecule has 2 heterocycles. The number of anilines is 2. The number of amides is 2. The number of nitrogens with zero attached hydrogens (tertiary/aromatic N) is 3. The van der Waals surface area contributed by atoms with Gasteiger partial charge in [0, 0.05) is 37.4 Å². The van der Waals surface area contributed by atoms with Crippen molar-refractivity contribution in [2.24, 2.45) is 5.73 Å². The molecule has 0 saturated carbocycles. The predicted octanol–water partition coefficient (Wildman–Crippen LogP) is 4.40. The number of urea groups is 1. The fraction of sp³-hybridized carbons (Fsp3) is 0.375. The van der Waals surface area contributed by atoms with E-state index in [1.165, 1.54) is 10.4 Å². The highest BCUT2D eigenvalue weighted by Gasteiger charge is 2.20. The normalized spacial score (nSPS) is 14.7. The van der Waals surface area contributed by atoms with Crippen LogP contribution < -0.4 is 20.3 Å². The number of nitrogens with two attached hydrogens (primary N) is 1. The van der Waals surface area contributed by atoms with Crippen molar-refractivity contribution in [1.29, 1.82) is 0 Å². The third kappa shape index (κ3) is 5.11. The van der Waals surface area contributed by atoms with Gasteiger partial charge in [-0.05, 0) is 49.0 Å². The first-order chi connectivity index (χ1) is 15.2. The van der Waals surface area contributed by atoms with Crippen LogP contribution in [0.25, 0.3) is 10.1 Å². The SMILES string of the molecule is COc1ccccc1N1CCN(CCCCN(C(N)=O)c2cc3ccccc3s2)CC1. The third-order valence-corrected chi connectivity index (χ3v) is 6.99. The average Bonchev–Trinajstić information content (AvgIpc) is 3.23. The first-order valence-electron chi connectivity index (χ1n) is 10.8. The first kappa shape index (κ1) is 21.5. The van der Waals surface area contributed by atoms with Crippen LogP contribution in [0.5, 0.6) is 5.75 Å². The minimum atomic E-state index is -0.378. The number of para-hydroxylation sites is 2. The molecule has 2 amide bonds. The molecule has 2 aromatic carbocycles. The number of hydrogen-bond donors (Lipinski definition) is 1. The highest BCUT2D eigenvalue weighted by Crippen LogP contribution is 2.32. The molecule has 164 valence electrons. The molecule has 7 heteroatoms. The van der Waals surface area contributed by atoms with Crippen molar-refractivity contribution in [2.75, 3.05) is 56.2 Å². The molecule has 0 atom stereocenters. The molecule has 1 aromatic heterocycles. The Labute approximate surface area is 187 Å². The molecule has 0 aliphatic carbocycles. The molecule has 1 aliphatic heterocycles. The van der Waals surface area contributed by atoms with Crippen LogP contribution >= 0.6 is 11.3 Å². The van der Waals surface area contributed by atoms with Crippen molar-refractivity contribution in [3.8, 4) is 5.75 Å². The largest absolute Gasteiger partial charge is 0.495 e. The Balaban J connectivity index is 1.24. The van der Waals surface area contributed by atoms with E-state index in [2.05, 4.69) is 40.1 Å². The van der Waals surface area contributed by atoms with Gasteiger partial charge in [-0.15, -0.1) is 11.3 Å². The number of fused-ring (bicyclic) bond motifs is 1. The zero-order valence-electron chi connectivity index (χ0n) is 18.0. The molecule has 1 aliphatic rings. The molecular formula is C24H30N4O2S. The number of ether oxygens (including phenoxy) is 1. The van der Waals surface area contributed by atoms with Crippen molar-refractivity contribution in [3.05, 3.63) is 54.6 Å². The molecule has 1 fully saturated rings. The minimum Gasteiger partial charge on any atom is -0.495 e. The molecule has 3 aromatic rings. The van der Waals surface area contributed by atoms with E-state index in [4.69, 9.17) is 10.5 Å². The smallest absolute Gasteiger partial charge is 0.319 e. The molecule has 4 rings (SSSR count). The van der Waals surface area contributed by atoms with Gasteiger partial charge in [-0.25, -0.2) is 4.79 Å². The quantitative estimate of drug-likeness (QED) is 0.530. The summed E-state index contributed by atoms with van der Waals surface area (Å²) >= 11 is 1.62. The number of primary amides is 1. The monoisotopic (exact) mass is 438 g/mol. The fourth-order valence-corrected chi connectivity index (χ4v) is 5.23. The summed E-state index contributed by atoms with van der Waals surface area (Å²) in [6.07, 6.45) is 1.98. The van der Waals surface area contributed by atoms with E-state index < -0.39 is 0 Å². The van der Waals surface area contributed by atoms with Gasteiger partial charge in [0.2, 0.25) is 0 Å². The standard InChI is InChI=1S/C24H30N4O2S/c1-30-21-10-4-3-9-20(21)27-16-14-26(15-17-27)12-6-7-13-28(24(25)29)23-18-19-8-2-5-11-22(19)31-23/h2-5,8-11,18H,6-7,12-17H2,1H3,(H2,25,29). The van der Waals surface area contributed by atoms with Crippen LogP contribution in [0.1, 0.15) is 12.8 Å². The summed E-state index contributed by atoms with van der Waals surface area (Å²) in [7, 11) is 1.73. The molecule has 0 radical (unpaired) electrons. The highest BCUT2D eigenvalue weighted by molar-refractivity contribution is 7.23. The topological polar surface area (TPSA) is 62.0 Å². The lowest BCUT2D eigenvalue weighted by Crippen LogP contribution is -2.46. The summed E-state index contributed by atoms with van der Waals surface area (Å²) in [5.41, 5.74) is 6.85. The summed E-state index contributed by atoms with van der Waals surface area (Å²) in [6.45, 7) is 5.76. The number of rotatable bonds is 8. The number of thiophene rings is 1. The highest BCUT2D eigenvalue weighted by atomic mass is 32.1. The summed E-state index contributed by atoms with van der Waals surface area (Å²) in [4.78, 5) is 18.6.